The molecule has 0 saturated heterocycles. The molecule has 4 nitrogen and oxygen atoms in total. The number of halogens is 1. The Hall–Kier alpha value is -1.17. The quantitative estimate of drug-likeness (QED) is 0.876. The minimum atomic E-state index is 0.0350. The Morgan fingerprint density at radius 2 is 2.35 bits per heavy atom. The lowest BCUT2D eigenvalue weighted by Crippen LogP contribution is -2.12. The smallest absolute Gasteiger partial charge is 0.149 e. The molecule has 0 amide bonds. The highest BCUT2D eigenvalue weighted by Crippen LogP contribution is 2.25. The Bertz CT molecular complexity index is 463. The standard InChI is InChI=1S/C11H12ClN3OS/c12-10-6-13-7-11(15-10)14-8(3-4-16)9-2-1-5-17-9/h1-2,5-8,16H,3-4H2,(H,14,15). The Balaban J connectivity index is 2.13. The number of aliphatic hydroxyl groups is 1. The number of nitrogens with one attached hydrogen (secondary N) is 1. The van der Waals surface area contributed by atoms with Crippen molar-refractivity contribution in [2.45, 2.75) is 12.5 Å². The van der Waals surface area contributed by atoms with Crippen molar-refractivity contribution in [1.82, 2.24) is 9.97 Å². The maximum absolute atomic E-state index is 9.07. The topological polar surface area (TPSA) is 58.0 Å². The predicted octanol–water partition coefficient (Wildman–Crippen LogP) is 2.73. The van der Waals surface area contributed by atoms with Crippen LogP contribution in [-0.4, -0.2) is 21.7 Å². The van der Waals surface area contributed by atoms with Gasteiger partial charge in [-0.2, -0.15) is 0 Å². The van der Waals surface area contributed by atoms with Crippen LogP contribution >= 0.6 is 22.9 Å². The molecule has 0 fully saturated rings. The highest BCUT2D eigenvalue weighted by Gasteiger charge is 2.12. The summed E-state index contributed by atoms with van der Waals surface area (Å²) in [5.74, 6) is 0.615. The van der Waals surface area contributed by atoms with E-state index in [0.29, 0.717) is 17.4 Å². The lowest BCUT2D eigenvalue weighted by molar-refractivity contribution is 0.280. The van der Waals surface area contributed by atoms with E-state index >= 15 is 0 Å². The fourth-order valence-electron chi connectivity index (χ4n) is 1.49. The van der Waals surface area contributed by atoms with Crippen LogP contribution in [0.5, 0.6) is 0 Å². The average Bonchev–Trinajstić information content (AvgIpc) is 2.82. The van der Waals surface area contributed by atoms with Crippen molar-refractivity contribution >= 4 is 28.8 Å². The van der Waals surface area contributed by atoms with E-state index in [2.05, 4.69) is 15.3 Å². The molecule has 2 aromatic heterocycles. The van der Waals surface area contributed by atoms with Gasteiger partial charge in [-0.25, -0.2) is 4.98 Å². The number of aliphatic hydroxyl groups excluding tert-OH is 1. The molecule has 17 heavy (non-hydrogen) atoms. The number of aromatic nitrogens is 2. The average molecular weight is 270 g/mol. The Morgan fingerprint density at radius 3 is 3.00 bits per heavy atom. The van der Waals surface area contributed by atoms with E-state index in [9.17, 15) is 0 Å². The first-order valence-corrected chi connectivity index (χ1v) is 6.43. The van der Waals surface area contributed by atoms with Crippen LogP contribution in [0.2, 0.25) is 5.15 Å². The van der Waals surface area contributed by atoms with Gasteiger partial charge in [0.2, 0.25) is 0 Å². The molecule has 0 spiro atoms. The van der Waals surface area contributed by atoms with Crippen molar-refractivity contribution in [2.75, 3.05) is 11.9 Å². The highest BCUT2D eigenvalue weighted by molar-refractivity contribution is 7.10. The summed E-state index contributed by atoms with van der Waals surface area (Å²) in [4.78, 5) is 9.24. The van der Waals surface area contributed by atoms with Gasteiger partial charge in [0, 0.05) is 11.5 Å². The van der Waals surface area contributed by atoms with Crippen LogP contribution < -0.4 is 5.32 Å². The van der Waals surface area contributed by atoms with Gasteiger partial charge in [-0.15, -0.1) is 11.3 Å². The van der Waals surface area contributed by atoms with Crippen LogP contribution in [-0.2, 0) is 0 Å². The molecule has 90 valence electrons. The van der Waals surface area contributed by atoms with Gasteiger partial charge in [-0.05, 0) is 17.9 Å². The Kier molecular flexibility index (Phi) is 4.30. The number of thiophene rings is 1. The molecule has 2 N–H and O–H groups in total. The molecule has 0 aliphatic heterocycles. The molecule has 0 bridgehead atoms. The van der Waals surface area contributed by atoms with Crippen molar-refractivity contribution < 1.29 is 5.11 Å². The minimum Gasteiger partial charge on any atom is -0.396 e. The molecular weight excluding hydrogens is 258 g/mol. The summed E-state index contributed by atoms with van der Waals surface area (Å²) < 4.78 is 0. The second kappa shape index (κ2) is 5.95. The fraction of sp³-hybridized carbons (Fsp3) is 0.273. The van der Waals surface area contributed by atoms with Gasteiger partial charge >= 0.3 is 0 Å². The zero-order valence-corrected chi connectivity index (χ0v) is 10.6. The summed E-state index contributed by atoms with van der Waals surface area (Å²) in [5.41, 5.74) is 0. The Morgan fingerprint density at radius 1 is 1.47 bits per heavy atom. The first-order chi connectivity index (χ1) is 8.29. The van der Waals surface area contributed by atoms with Crippen molar-refractivity contribution in [3.05, 3.63) is 39.9 Å². The van der Waals surface area contributed by atoms with Crippen LogP contribution in [0.3, 0.4) is 0 Å². The zero-order chi connectivity index (χ0) is 12.1. The largest absolute Gasteiger partial charge is 0.396 e. The third kappa shape index (κ3) is 3.39. The molecule has 1 atom stereocenters. The maximum atomic E-state index is 9.07. The van der Waals surface area contributed by atoms with Crippen molar-refractivity contribution in [3.8, 4) is 0 Å². The van der Waals surface area contributed by atoms with E-state index in [1.54, 1.807) is 17.5 Å². The number of hydrogen-bond acceptors (Lipinski definition) is 5. The molecule has 0 aliphatic carbocycles. The van der Waals surface area contributed by atoms with Crippen molar-refractivity contribution in [1.29, 1.82) is 0 Å². The van der Waals surface area contributed by atoms with E-state index < -0.39 is 0 Å². The van der Waals surface area contributed by atoms with Crippen LogP contribution in [0, 0.1) is 0 Å². The van der Waals surface area contributed by atoms with Gasteiger partial charge in [0.15, 0.2) is 0 Å². The number of anilines is 1. The van der Waals surface area contributed by atoms with E-state index in [1.165, 1.54) is 6.20 Å². The molecule has 0 radical (unpaired) electrons. The molecule has 1 unspecified atom stereocenters. The van der Waals surface area contributed by atoms with E-state index in [4.69, 9.17) is 16.7 Å². The molecule has 2 aromatic rings. The summed E-state index contributed by atoms with van der Waals surface area (Å²) in [7, 11) is 0. The van der Waals surface area contributed by atoms with Gasteiger partial charge in [0.1, 0.15) is 11.0 Å². The van der Waals surface area contributed by atoms with Gasteiger partial charge < -0.3 is 10.4 Å². The van der Waals surface area contributed by atoms with Gasteiger partial charge in [0.25, 0.3) is 0 Å². The molecule has 2 heterocycles. The van der Waals surface area contributed by atoms with E-state index in [1.807, 2.05) is 17.5 Å². The van der Waals surface area contributed by atoms with Crippen LogP contribution in [0.15, 0.2) is 29.9 Å². The fourth-order valence-corrected chi connectivity index (χ4v) is 2.45. The van der Waals surface area contributed by atoms with Gasteiger partial charge in [-0.1, -0.05) is 17.7 Å². The monoisotopic (exact) mass is 269 g/mol. The molecule has 0 aromatic carbocycles. The van der Waals surface area contributed by atoms with Crippen LogP contribution in [0.4, 0.5) is 5.82 Å². The number of rotatable bonds is 5. The summed E-state index contributed by atoms with van der Waals surface area (Å²) in [6.45, 7) is 0.115. The van der Waals surface area contributed by atoms with E-state index in [0.717, 1.165) is 4.88 Å². The number of hydrogen-bond donors (Lipinski definition) is 2. The van der Waals surface area contributed by atoms with Gasteiger partial charge in [-0.3, -0.25) is 4.98 Å². The maximum Gasteiger partial charge on any atom is 0.149 e. The molecule has 6 heteroatoms. The van der Waals surface area contributed by atoms with Crippen LogP contribution in [0.25, 0.3) is 0 Å². The third-order valence-corrected chi connectivity index (χ3v) is 3.40. The number of nitrogens with zero attached hydrogens (tertiary/aromatic N) is 2. The third-order valence-electron chi connectivity index (χ3n) is 2.23. The van der Waals surface area contributed by atoms with Gasteiger partial charge in [0.05, 0.1) is 18.4 Å². The lowest BCUT2D eigenvalue weighted by atomic mass is 10.2. The van der Waals surface area contributed by atoms with Crippen molar-refractivity contribution in [2.24, 2.45) is 0 Å². The summed E-state index contributed by atoms with van der Waals surface area (Å²) in [6.07, 6.45) is 3.72. The zero-order valence-electron chi connectivity index (χ0n) is 9.01. The Labute approximate surface area is 108 Å². The normalized spacial score (nSPS) is 12.4. The summed E-state index contributed by atoms with van der Waals surface area (Å²) in [6, 6.07) is 4.04. The first-order valence-electron chi connectivity index (χ1n) is 5.18. The second-order valence-electron chi connectivity index (χ2n) is 3.45. The van der Waals surface area contributed by atoms with Crippen LogP contribution in [0.1, 0.15) is 17.3 Å². The predicted molar refractivity (Wildman–Crippen MR) is 69.4 cm³/mol. The lowest BCUT2D eigenvalue weighted by Gasteiger charge is -2.16. The summed E-state index contributed by atoms with van der Waals surface area (Å²) >= 11 is 7.41. The molecule has 0 saturated carbocycles. The van der Waals surface area contributed by atoms with E-state index in [-0.39, 0.29) is 12.6 Å². The molecule has 2 rings (SSSR count). The molecule has 0 aliphatic rings. The second-order valence-corrected chi connectivity index (χ2v) is 4.82. The summed E-state index contributed by atoms with van der Waals surface area (Å²) in [5, 5.41) is 14.6. The molecular formula is C11H12ClN3OS. The SMILES string of the molecule is OCCC(Nc1cncc(Cl)n1)c1cccs1. The first kappa shape index (κ1) is 12.3. The highest BCUT2D eigenvalue weighted by atomic mass is 35.5. The van der Waals surface area contributed by atoms with Crippen molar-refractivity contribution in [3.63, 3.8) is 0 Å². The minimum absolute atomic E-state index is 0.0350.